The van der Waals surface area contributed by atoms with E-state index in [0.29, 0.717) is 45.0 Å². The Bertz CT molecular complexity index is 2050. The van der Waals surface area contributed by atoms with E-state index < -0.39 is 0 Å². The predicted molar refractivity (Wildman–Crippen MR) is 154 cm³/mol. The van der Waals surface area contributed by atoms with Gasteiger partial charge in [0.05, 0.1) is 35.4 Å². The number of carbonyl (C=O) groups is 1. The maximum Gasteiger partial charge on any atom is 0.228 e. The van der Waals surface area contributed by atoms with Crippen molar-refractivity contribution < 1.29 is 9.18 Å². The molecule has 5 aromatic heterocycles. The van der Waals surface area contributed by atoms with Gasteiger partial charge in [-0.3, -0.25) is 19.9 Å². The van der Waals surface area contributed by atoms with Crippen LogP contribution < -0.4 is 5.32 Å². The monoisotopic (exact) mass is 540 g/mol. The minimum atomic E-state index is -0.350. The first-order valence-corrected chi connectivity index (χ1v) is 12.8. The van der Waals surface area contributed by atoms with Gasteiger partial charge in [-0.25, -0.2) is 14.4 Å². The quantitative estimate of drug-likeness (QED) is 0.240. The number of amides is 1. The molecular weight excluding hydrogens is 519 g/mol. The molecule has 7 aromatic rings. The van der Waals surface area contributed by atoms with Crippen molar-refractivity contribution in [3.8, 4) is 33.8 Å². The first-order chi connectivity index (χ1) is 20.1. The normalized spacial score (nSPS) is 11.2. The molecule has 0 aliphatic rings. The summed E-state index contributed by atoms with van der Waals surface area (Å²) in [6, 6.07) is 19.9. The van der Waals surface area contributed by atoms with Crippen LogP contribution in [0.3, 0.4) is 0 Å². The van der Waals surface area contributed by atoms with Crippen LogP contribution in [0.1, 0.15) is 5.56 Å². The highest BCUT2D eigenvalue weighted by Gasteiger charge is 2.18. The number of hydrogen-bond donors (Lipinski definition) is 3. The summed E-state index contributed by atoms with van der Waals surface area (Å²) in [4.78, 5) is 33.8. The maximum atomic E-state index is 14.6. The van der Waals surface area contributed by atoms with Crippen LogP contribution in [0.25, 0.3) is 55.8 Å². The number of nitrogens with one attached hydrogen (secondary N) is 3. The zero-order valence-electron chi connectivity index (χ0n) is 21.5. The molecule has 0 fully saturated rings. The van der Waals surface area contributed by atoms with Crippen LogP contribution in [0.15, 0.2) is 97.7 Å². The average Bonchev–Trinajstić information content (AvgIpc) is 3.62. The number of fused-ring (bicyclic) bond motifs is 2. The molecule has 198 valence electrons. The summed E-state index contributed by atoms with van der Waals surface area (Å²) >= 11 is 0. The number of aromatic nitrogens is 7. The lowest BCUT2D eigenvalue weighted by Crippen LogP contribution is -2.14. The SMILES string of the molecule is O=C(Cc1ccccc1)Nc1cncc(-c2cnc3[nH]nc(-c4nc5c(-c6ccccc6F)cncc5[nH]4)c3c2)c1. The van der Waals surface area contributed by atoms with Crippen LogP contribution in [0.2, 0.25) is 0 Å². The highest BCUT2D eigenvalue weighted by molar-refractivity contribution is 5.97. The molecule has 0 spiro atoms. The number of halogens is 1. The van der Waals surface area contributed by atoms with Crippen LogP contribution in [0.4, 0.5) is 10.1 Å². The van der Waals surface area contributed by atoms with Crippen LogP contribution in [0.5, 0.6) is 0 Å². The minimum Gasteiger partial charge on any atom is -0.335 e. The molecule has 0 atom stereocenters. The highest BCUT2D eigenvalue weighted by atomic mass is 19.1. The van der Waals surface area contributed by atoms with E-state index in [-0.39, 0.29) is 18.1 Å². The number of imidazole rings is 1. The second-order valence-corrected chi connectivity index (χ2v) is 9.51. The second-order valence-electron chi connectivity index (χ2n) is 9.51. The number of H-pyrrole nitrogens is 2. The minimum absolute atomic E-state index is 0.130. The van der Waals surface area contributed by atoms with Gasteiger partial charge in [0.15, 0.2) is 11.5 Å². The Hall–Kier alpha value is -5.77. The van der Waals surface area contributed by atoms with Gasteiger partial charge in [-0.2, -0.15) is 5.10 Å². The van der Waals surface area contributed by atoms with E-state index in [0.717, 1.165) is 22.1 Å². The van der Waals surface area contributed by atoms with Crippen LogP contribution in [-0.2, 0) is 11.2 Å². The van der Waals surface area contributed by atoms with Gasteiger partial charge in [-0.15, -0.1) is 0 Å². The molecule has 41 heavy (non-hydrogen) atoms. The lowest BCUT2D eigenvalue weighted by Gasteiger charge is -2.07. The number of anilines is 1. The van der Waals surface area contributed by atoms with E-state index in [4.69, 9.17) is 4.98 Å². The number of hydrogen-bond acceptors (Lipinski definition) is 6. The number of aromatic amines is 2. The van der Waals surface area contributed by atoms with Crippen LogP contribution >= 0.6 is 0 Å². The molecule has 0 aliphatic heterocycles. The first-order valence-electron chi connectivity index (χ1n) is 12.8. The number of rotatable bonds is 6. The van der Waals surface area contributed by atoms with Gasteiger partial charge in [0, 0.05) is 40.8 Å². The lowest BCUT2D eigenvalue weighted by molar-refractivity contribution is -0.115. The zero-order chi connectivity index (χ0) is 27.8. The largest absolute Gasteiger partial charge is 0.335 e. The van der Waals surface area contributed by atoms with Crippen LogP contribution in [0, 0.1) is 5.82 Å². The van der Waals surface area contributed by atoms with Gasteiger partial charge in [-0.1, -0.05) is 48.5 Å². The smallest absolute Gasteiger partial charge is 0.228 e. The van der Waals surface area contributed by atoms with Crippen molar-refractivity contribution in [3.63, 3.8) is 0 Å². The molecule has 10 heteroatoms. The summed E-state index contributed by atoms with van der Waals surface area (Å²) in [5.41, 5.74) is 6.47. The number of carbonyl (C=O) groups excluding carboxylic acids is 1. The van der Waals surface area contributed by atoms with Crippen molar-refractivity contribution >= 4 is 33.7 Å². The molecule has 1 amide bonds. The summed E-state index contributed by atoms with van der Waals surface area (Å²) in [6.07, 6.45) is 8.56. The summed E-state index contributed by atoms with van der Waals surface area (Å²) in [5, 5.41) is 11.1. The lowest BCUT2D eigenvalue weighted by atomic mass is 10.1. The third-order valence-electron chi connectivity index (χ3n) is 6.76. The highest BCUT2D eigenvalue weighted by Crippen LogP contribution is 2.33. The molecule has 0 unspecified atom stereocenters. The fourth-order valence-corrected chi connectivity index (χ4v) is 4.82. The second kappa shape index (κ2) is 10.1. The fraction of sp³-hybridized carbons (Fsp3) is 0.0323. The van der Waals surface area contributed by atoms with Gasteiger partial charge in [0.25, 0.3) is 0 Å². The standard InChI is InChI=1S/C31H21FN8O/c32-25-9-5-4-8-22(25)24-16-34-17-26-28(24)38-31(37-26)29-23-12-20(14-35-30(23)40-39-29)19-11-21(15-33-13-19)36-27(41)10-18-6-2-1-3-7-18/h1-9,11-17H,10H2,(H,36,41)(H,37,38)(H,35,39,40). The Balaban J connectivity index is 1.22. The Morgan fingerprint density at radius 3 is 2.54 bits per heavy atom. The maximum absolute atomic E-state index is 14.6. The van der Waals surface area contributed by atoms with Gasteiger partial charge < -0.3 is 10.3 Å². The Kier molecular flexibility index (Phi) is 5.97. The molecule has 0 aliphatic carbocycles. The van der Waals surface area contributed by atoms with E-state index in [1.54, 1.807) is 49.2 Å². The molecule has 2 aromatic carbocycles. The number of benzene rings is 2. The fourth-order valence-electron chi connectivity index (χ4n) is 4.82. The van der Waals surface area contributed by atoms with Gasteiger partial charge in [0.2, 0.25) is 5.91 Å². The third-order valence-corrected chi connectivity index (χ3v) is 6.76. The molecule has 0 saturated heterocycles. The molecule has 3 N–H and O–H groups in total. The Labute approximate surface area is 232 Å². The van der Waals surface area contributed by atoms with Gasteiger partial charge in [-0.05, 0) is 23.8 Å². The van der Waals surface area contributed by atoms with E-state index in [2.05, 4.69) is 35.5 Å². The zero-order valence-corrected chi connectivity index (χ0v) is 21.5. The molecule has 5 heterocycles. The average molecular weight is 541 g/mol. The summed E-state index contributed by atoms with van der Waals surface area (Å²) in [7, 11) is 0. The van der Waals surface area contributed by atoms with Crippen molar-refractivity contribution in [1.82, 2.24) is 35.1 Å². The summed E-state index contributed by atoms with van der Waals surface area (Å²) < 4.78 is 14.6. The summed E-state index contributed by atoms with van der Waals surface area (Å²) in [6.45, 7) is 0. The van der Waals surface area contributed by atoms with Crippen molar-refractivity contribution in [2.24, 2.45) is 0 Å². The first kappa shape index (κ1) is 24.3. The Morgan fingerprint density at radius 1 is 0.854 bits per heavy atom. The molecule has 7 rings (SSSR count). The van der Waals surface area contributed by atoms with E-state index in [1.807, 2.05) is 42.5 Å². The van der Waals surface area contributed by atoms with Gasteiger partial charge >= 0.3 is 0 Å². The molecule has 0 radical (unpaired) electrons. The topological polar surface area (TPSA) is 125 Å². The predicted octanol–water partition coefficient (Wildman–Crippen LogP) is 5.95. The molecule has 0 bridgehead atoms. The van der Waals surface area contributed by atoms with E-state index >= 15 is 0 Å². The van der Waals surface area contributed by atoms with E-state index in [1.165, 1.54) is 6.07 Å². The van der Waals surface area contributed by atoms with Crippen molar-refractivity contribution in [3.05, 3.63) is 109 Å². The third kappa shape index (κ3) is 4.67. The number of pyridine rings is 3. The van der Waals surface area contributed by atoms with E-state index in [9.17, 15) is 9.18 Å². The van der Waals surface area contributed by atoms with Gasteiger partial charge in [0.1, 0.15) is 17.0 Å². The van der Waals surface area contributed by atoms with Crippen LogP contribution in [-0.4, -0.2) is 41.0 Å². The van der Waals surface area contributed by atoms with Crippen molar-refractivity contribution in [2.45, 2.75) is 6.42 Å². The van der Waals surface area contributed by atoms with Crippen molar-refractivity contribution in [2.75, 3.05) is 5.32 Å². The van der Waals surface area contributed by atoms with Crippen molar-refractivity contribution in [1.29, 1.82) is 0 Å². The summed E-state index contributed by atoms with van der Waals surface area (Å²) in [5.74, 6) is 0.0170. The Morgan fingerprint density at radius 2 is 1.66 bits per heavy atom. The molecule has 9 nitrogen and oxygen atoms in total. The molecular formula is C31H21FN8O. The number of nitrogens with zero attached hydrogens (tertiary/aromatic N) is 5. The molecule has 0 saturated carbocycles.